The van der Waals surface area contributed by atoms with Gasteiger partial charge in [0.2, 0.25) is 0 Å². The Morgan fingerprint density at radius 2 is 1.87 bits per heavy atom. The van der Waals surface area contributed by atoms with Gasteiger partial charge in [0, 0.05) is 13.2 Å². The Bertz CT molecular complexity index is 135. The SMILES string of the molecule is CCCCC(NCCC)C(C)(CC)OC. The van der Waals surface area contributed by atoms with E-state index in [4.69, 9.17) is 4.74 Å². The summed E-state index contributed by atoms with van der Waals surface area (Å²) in [5, 5.41) is 3.62. The van der Waals surface area contributed by atoms with Gasteiger partial charge in [-0.3, -0.25) is 0 Å². The molecule has 2 atom stereocenters. The summed E-state index contributed by atoms with van der Waals surface area (Å²) in [6, 6.07) is 0.493. The lowest BCUT2D eigenvalue weighted by Crippen LogP contribution is -2.50. The van der Waals surface area contributed by atoms with E-state index in [1.165, 1.54) is 25.7 Å². The Morgan fingerprint density at radius 3 is 2.27 bits per heavy atom. The third-order valence-electron chi connectivity index (χ3n) is 3.39. The molecular weight excluding hydrogens is 186 g/mol. The highest BCUT2D eigenvalue weighted by atomic mass is 16.5. The van der Waals surface area contributed by atoms with Crippen molar-refractivity contribution in [1.29, 1.82) is 0 Å². The van der Waals surface area contributed by atoms with E-state index in [1.807, 2.05) is 7.11 Å². The molecule has 0 saturated heterocycles. The van der Waals surface area contributed by atoms with E-state index < -0.39 is 0 Å². The monoisotopic (exact) mass is 215 g/mol. The maximum atomic E-state index is 5.68. The van der Waals surface area contributed by atoms with E-state index in [2.05, 4.69) is 33.0 Å². The Balaban J connectivity index is 4.29. The minimum absolute atomic E-state index is 0.00958. The van der Waals surface area contributed by atoms with Crippen molar-refractivity contribution in [2.75, 3.05) is 13.7 Å². The Hall–Kier alpha value is -0.0800. The molecule has 92 valence electrons. The first-order valence-corrected chi connectivity index (χ1v) is 6.43. The van der Waals surface area contributed by atoms with Gasteiger partial charge < -0.3 is 10.1 Å². The first-order valence-electron chi connectivity index (χ1n) is 6.43. The molecule has 0 fully saturated rings. The van der Waals surface area contributed by atoms with Gasteiger partial charge >= 0.3 is 0 Å². The van der Waals surface area contributed by atoms with Crippen LogP contribution >= 0.6 is 0 Å². The molecule has 0 aromatic rings. The van der Waals surface area contributed by atoms with Crippen molar-refractivity contribution in [2.45, 2.75) is 71.4 Å². The molecule has 2 nitrogen and oxygen atoms in total. The second kappa shape index (κ2) is 8.12. The van der Waals surface area contributed by atoms with Gasteiger partial charge in [-0.2, -0.15) is 0 Å². The molecule has 0 radical (unpaired) electrons. The normalized spacial score (nSPS) is 17.4. The number of unbranched alkanes of at least 4 members (excludes halogenated alkanes) is 1. The zero-order valence-electron chi connectivity index (χ0n) is 11.2. The Kier molecular flexibility index (Phi) is 8.07. The van der Waals surface area contributed by atoms with E-state index in [0.29, 0.717) is 6.04 Å². The predicted octanol–water partition coefficient (Wildman–Crippen LogP) is 3.36. The van der Waals surface area contributed by atoms with E-state index in [0.717, 1.165) is 13.0 Å². The molecule has 0 aromatic heterocycles. The number of nitrogens with one attached hydrogen (secondary N) is 1. The summed E-state index contributed by atoms with van der Waals surface area (Å²) in [6.45, 7) is 9.96. The molecule has 0 bridgehead atoms. The predicted molar refractivity (Wildman–Crippen MR) is 67.3 cm³/mol. The van der Waals surface area contributed by atoms with Gasteiger partial charge in [0.1, 0.15) is 0 Å². The van der Waals surface area contributed by atoms with Crippen molar-refractivity contribution >= 4 is 0 Å². The summed E-state index contributed by atoms with van der Waals surface area (Å²) in [5.74, 6) is 0. The average Bonchev–Trinajstić information content (AvgIpc) is 2.28. The van der Waals surface area contributed by atoms with E-state index in [1.54, 1.807) is 0 Å². The number of ether oxygens (including phenoxy) is 1. The fraction of sp³-hybridized carbons (Fsp3) is 1.00. The molecule has 0 aliphatic rings. The van der Waals surface area contributed by atoms with Crippen LogP contribution in [0.3, 0.4) is 0 Å². The summed E-state index contributed by atoms with van der Waals surface area (Å²) in [5.41, 5.74) is -0.00958. The fourth-order valence-corrected chi connectivity index (χ4v) is 1.88. The summed E-state index contributed by atoms with van der Waals surface area (Å²) in [6.07, 6.45) is 6.00. The maximum Gasteiger partial charge on any atom is 0.0800 e. The number of hydrogen-bond donors (Lipinski definition) is 1. The molecule has 0 aliphatic heterocycles. The molecule has 0 amide bonds. The van der Waals surface area contributed by atoms with Crippen molar-refractivity contribution in [1.82, 2.24) is 5.32 Å². The van der Waals surface area contributed by atoms with E-state index >= 15 is 0 Å². The van der Waals surface area contributed by atoms with Crippen molar-refractivity contribution in [3.8, 4) is 0 Å². The molecule has 0 aromatic carbocycles. The largest absolute Gasteiger partial charge is 0.377 e. The van der Waals surface area contributed by atoms with Gasteiger partial charge in [-0.1, -0.05) is 33.6 Å². The minimum Gasteiger partial charge on any atom is -0.377 e. The Labute approximate surface area is 95.8 Å². The van der Waals surface area contributed by atoms with Crippen molar-refractivity contribution in [3.05, 3.63) is 0 Å². The zero-order chi connectivity index (χ0) is 11.7. The molecule has 0 saturated carbocycles. The molecule has 0 spiro atoms. The third-order valence-corrected chi connectivity index (χ3v) is 3.39. The smallest absolute Gasteiger partial charge is 0.0800 e. The minimum atomic E-state index is -0.00958. The van der Waals surface area contributed by atoms with Crippen LogP contribution in [0.5, 0.6) is 0 Å². The van der Waals surface area contributed by atoms with Crippen LogP contribution in [0.4, 0.5) is 0 Å². The highest BCUT2D eigenvalue weighted by Crippen LogP contribution is 2.23. The topological polar surface area (TPSA) is 21.3 Å². The summed E-state index contributed by atoms with van der Waals surface area (Å²) in [4.78, 5) is 0. The van der Waals surface area contributed by atoms with Gasteiger partial charge in [-0.25, -0.2) is 0 Å². The maximum absolute atomic E-state index is 5.68. The zero-order valence-corrected chi connectivity index (χ0v) is 11.2. The van der Waals surface area contributed by atoms with E-state index in [9.17, 15) is 0 Å². The fourth-order valence-electron chi connectivity index (χ4n) is 1.88. The molecular formula is C13H29NO. The van der Waals surface area contributed by atoms with Crippen LogP contribution in [-0.4, -0.2) is 25.3 Å². The molecule has 0 heterocycles. The van der Waals surface area contributed by atoms with Crippen LogP contribution < -0.4 is 5.32 Å². The lowest BCUT2D eigenvalue weighted by Gasteiger charge is -2.36. The second-order valence-corrected chi connectivity index (χ2v) is 4.52. The number of methoxy groups -OCH3 is 1. The lowest BCUT2D eigenvalue weighted by atomic mass is 9.89. The molecule has 1 N–H and O–H groups in total. The molecule has 0 aliphatic carbocycles. The molecule has 2 unspecified atom stereocenters. The van der Waals surface area contributed by atoms with Gasteiger partial charge in [0.05, 0.1) is 5.60 Å². The first kappa shape index (κ1) is 14.9. The third kappa shape index (κ3) is 4.98. The summed E-state index contributed by atoms with van der Waals surface area (Å²) in [7, 11) is 1.83. The van der Waals surface area contributed by atoms with Crippen LogP contribution in [0.15, 0.2) is 0 Å². The second-order valence-electron chi connectivity index (χ2n) is 4.52. The van der Waals surface area contributed by atoms with Crippen molar-refractivity contribution < 1.29 is 4.74 Å². The summed E-state index contributed by atoms with van der Waals surface area (Å²) < 4.78 is 5.68. The number of hydrogen-bond acceptors (Lipinski definition) is 2. The Morgan fingerprint density at radius 1 is 1.20 bits per heavy atom. The average molecular weight is 215 g/mol. The van der Waals surface area contributed by atoms with Gasteiger partial charge in [0.15, 0.2) is 0 Å². The van der Waals surface area contributed by atoms with Gasteiger partial charge in [-0.15, -0.1) is 0 Å². The lowest BCUT2D eigenvalue weighted by molar-refractivity contribution is -0.0315. The quantitative estimate of drug-likeness (QED) is 0.637. The molecule has 2 heteroatoms. The van der Waals surface area contributed by atoms with Crippen LogP contribution in [0, 0.1) is 0 Å². The van der Waals surface area contributed by atoms with Crippen molar-refractivity contribution in [2.24, 2.45) is 0 Å². The highest BCUT2D eigenvalue weighted by Gasteiger charge is 2.31. The van der Waals surface area contributed by atoms with E-state index in [-0.39, 0.29) is 5.60 Å². The van der Waals surface area contributed by atoms with Crippen LogP contribution in [-0.2, 0) is 4.74 Å². The van der Waals surface area contributed by atoms with Crippen LogP contribution in [0.2, 0.25) is 0 Å². The van der Waals surface area contributed by atoms with Crippen LogP contribution in [0.1, 0.15) is 59.8 Å². The molecule has 0 rings (SSSR count). The number of rotatable bonds is 9. The first-order chi connectivity index (χ1) is 7.14. The highest BCUT2D eigenvalue weighted by molar-refractivity contribution is 4.88. The van der Waals surface area contributed by atoms with Crippen LogP contribution in [0.25, 0.3) is 0 Å². The summed E-state index contributed by atoms with van der Waals surface area (Å²) >= 11 is 0. The standard InChI is InChI=1S/C13H29NO/c1-6-9-10-12(14-11-7-2)13(4,8-3)15-5/h12,14H,6-11H2,1-5H3. The van der Waals surface area contributed by atoms with Crippen molar-refractivity contribution in [3.63, 3.8) is 0 Å². The van der Waals surface area contributed by atoms with Gasteiger partial charge in [-0.05, 0) is 32.7 Å². The van der Waals surface area contributed by atoms with Gasteiger partial charge in [0.25, 0.3) is 0 Å². The molecule has 15 heavy (non-hydrogen) atoms.